The van der Waals surface area contributed by atoms with Crippen LogP contribution in [-0.4, -0.2) is 34.3 Å². The van der Waals surface area contributed by atoms with Crippen molar-refractivity contribution in [1.82, 2.24) is 15.0 Å². The molecule has 0 saturated carbocycles. The smallest absolute Gasteiger partial charge is 0.137 e. The van der Waals surface area contributed by atoms with E-state index in [1.807, 2.05) is 37.4 Å². The van der Waals surface area contributed by atoms with Crippen LogP contribution in [0.5, 0.6) is 5.75 Å². The van der Waals surface area contributed by atoms with Crippen LogP contribution in [-0.2, 0) is 4.74 Å². The molecule has 1 fully saturated rings. The summed E-state index contributed by atoms with van der Waals surface area (Å²) in [4.78, 5) is 13.5. The molecule has 6 nitrogen and oxygen atoms in total. The topological polar surface area (TPSA) is 83.8 Å². The second kappa shape index (κ2) is 7.90. The Bertz CT molecular complexity index is 1250. The zero-order valence-corrected chi connectivity index (χ0v) is 17.3. The Morgan fingerprint density at radius 2 is 2.07 bits per heavy atom. The normalized spacial score (nSPS) is 14.7. The van der Waals surface area contributed by atoms with Crippen LogP contribution in [0.15, 0.2) is 42.7 Å². The molecule has 1 saturated heterocycles. The molecule has 1 aliphatic heterocycles. The number of nitrogens with zero attached hydrogens (tertiary/aromatic N) is 3. The van der Waals surface area contributed by atoms with Crippen LogP contribution in [0.25, 0.3) is 32.7 Å². The predicted octanol–water partition coefficient (Wildman–Crippen LogP) is 5.09. The van der Waals surface area contributed by atoms with Gasteiger partial charge in [-0.05, 0) is 37.3 Å². The molecule has 0 amide bonds. The van der Waals surface area contributed by atoms with E-state index < -0.39 is 0 Å². The van der Waals surface area contributed by atoms with E-state index in [0.717, 1.165) is 50.6 Å². The summed E-state index contributed by atoms with van der Waals surface area (Å²) in [5.74, 6) is 0.621. The van der Waals surface area contributed by atoms with Gasteiger partial charge in [0.1, 0.15) is 17.9 Å². The van der Waals surface area contributed by atoms with Crippen molar-refractivity contribution in [3.05, 3.63) is 53.3 Å². The van der Waals surface area contributed by atoms with Crippen LogP contribution in [0.4, 0.5) is 0 Å². The first kappa shape index (κ1) is 18.8. The third kappa shape index (κ3) is 3.56. The number of nitrogens with one attached hydrogen (secondary N) is 1. The largest absolute Gasteiger partial charge is 0.489 e. The third-order valence-electron chi connectivity index (χ3n) is 5.27. The number of nitriles is 1. The molecule has 0 radical (unpaired) electrons. The molecular formula is C23H20N4O2S. The highest BCUT2D eigenvalue weighted by Gasteiger charge is 2.18. The highest BCUT2D eigenvalue weighted by atomic mass is 32.1. The standard InChI is InChI=1S/C23H20N4O2S/c1-14-26-13-22(30-14)20-11-18-19(27-20)4-7-25-23(18)15-2-3-21(16(10-15)12-24)29-17-5-8-28-9-6-17/h2-4,7,10-11,13,17,27H,5-6,8-9H2,1H3. The van der Waals surface area contributed by atoms with Crippen molar-refractivity contribution in [1.29, 1.82) is 5.26 Å². The second-order valence-corrected chi connectivity index (χ2v) is 8.53. The number of rotatable bonds is 4. The monoisotopic (exact) mass is 416 g/mol. The molecule has 0 spiro atoms. The van der Waals surface area contributed by atoms with E-state index in [9.17, 15) is 5.26 Å². The second-order valence-electron chi connectivity index (χ2n) is 7.30. The lowest BCUT2D eigenvalue weighted by molar-refractivity contribution is 0.0254. The number of fused-ring (bicyclic) bond motifs is 1. The minimum atomic E-state index is 0.0911. The van der Waals surface area contributed by atoms with Crippen molar-refractivity contribution in [3.8, 4) is 33.6 Å². The number of benzene rings is 1. The number of aromatic amines is 1. The van der Waals surface area contributed by atoms with Crippen molar-refractivity contribution in [2.75, 3.05) is 13.2 Å². The van der Waals surface area contributed by atoms with Crippen molar-refractivity contribution in [3.63, 3.8) is 0 Å². The van der Waals surface area contributed by atoms with E-state index >= 15 is 0 Å². The zero-order chi connectivity index (χ0) is 20.5. The summed E-state index contributed by atoms with van der Waals surface area (Å²) in [7, 11) is 0. The first-order valence-electron chi connectivity index (χ1n) is 9.91. The van der Waals surface area contributed by atoms with Crippen LogP contribution in [0.2, 0.25) is 0 Å². The molecule has 0 atom stereocenters. The van der Waals surface area contributed by atoms with Crippen LogP contribution < -0.4 is 4.74 Å². The van der Waals surface area contributed by atoms with Gasteiger partial charge in [-0.3, -0.25) is 4.98 Å². The minimum Gasteiger partial charge on any atom is -0.489 e. The Labute approximate surface area is 178 Å². The molecule has 1 N–H and O–H groups in total. The number of hydrogen-bond acceptors (Lipinski definition) is 6. The van der Waals surface area contributed by atoms with Gasteiger partial charge in [0.15, 0.2) is 0 Å². The fourth-order valence-electron chi connectivity index (χ4n) is 3.74. The molecule has 30 heavy (non-hydrogen) atoms. The Morgan fingerprint density at radius 1 is 1.20 bits per heavy atom. The summed E-state index contributed by atoms with van der Waals surface area (Å²) < 4.78 is 11.5. The minimum absolute atomic E-state index is 0.0911. The SMILES string of the molecule is Cc1ncc(-c2cc3c(-c4ccc(OC5CCOCC5)c(C#N)c4)nccc3[nH]2)s1. The Balaban J connectivity index is 1.51. The first-order chi connectivity index (χ1) is 14.7. The molecule has 1 aromatic carbocycles. The maximum atomic E-state index is 9.70. The average Bonchev–Trinajstić information content (AvgIpc) is 3.40. The van der Waals surface area contributed by atoms with E-state index in [1.165, 1.54) is 0 Å². The van der Waals surface area contributed by atoms with E-state index in [2.05, 4.69) is 27.1 Å². The molecule has 150 valence electrons. The summed E-state index contributed by atoms with van der Waals surface area (Å²) in [5, 5.41) is 11.7. The zero-order valence-electron chi connectivity index (χ0n) is 16.5. The van der Waals surface area contributed by atoms with Gasteiger partial charge in [0.2, 0.25) is 0 Å². The molecule has 0 bridgehead atoms. The number of thiazole rings is 1. The number of pyridine rings is 1. The van der Waals surface area contributed by atoms with Gasteiger partial charge in [-0.25, -0.2) is 4.98 Å². The fraction of sp³-hybridized carbons (Fsp3) is 0.261. The average molecular weight is 417 g/mol. The van der Waals surface area contributed by atoms with Gasteiger partial charge in [-0.1, -0.05) is 0 Å². The maximum Gasteiger partial charge on any atom is 0.137 e. The van der Waals surface area contributed by atoms with Crippen LogP contribution in [0, 0.1) is 18.3 Å². The first-order valence-corrected chi connectivity index (χ1v) is 10.7. The highest BCUT2D eigenvalue weighted by molar-refractivity contribution is 7.15. The Hall–Kier alpha value is -3.21. The van der Waals surface area contributed by atoms with E-state index in [4.69, 9.17) is 9.47 Å². The summed E-state index contributed by atoms with van der Waals surface area (Å²) in [6, 6.07) is 12.1. The molecule has 7 heteroatoms. The fourth-order valence-corrected chi connectivity index (χ4v) is 4.49. The number of H-pyrrole nitrogens is 1. The van der Waals surface area contributed by atoms with Gasteiger partial charge >= 0.3 is 0 Å². The van der Waals surface area contributed by atoms with E-state index in [-0.39, 0.29) is 6.10 Å². The van der Waals surface area contributed by atoms with Crippen LogP contribution >= 0.6 is 11.3 Å². The lowest BCUT2D eigenvalue weighted by atomic mass is 10.0. The van der Waals surface area contributed by atoms with Crippen molar-refractivity contribution < 1.29 is 9.47 Å². The number of aromatic nitrogens is 3. The van der Waals surface area contributed by atoms with Crippen molar-refractivity contribution in [2.24, 2.45) is 0 Å². The molecule has 0 unspecified atom stereocenters. The summed E-state index contributed by atoms with van der Waals surface area (Å²) in [6.45, 7) is 3.40. The Morgan fingerprint density at radius 3 is 2.83 bits per heavy atom. The lowest BCUT2D eigenvalue weighted by Crippen LogP contribution is -2.26. The molecule has 3 aromatic heterocycles. The lowest BCUT2D eigenvalue weighted by Gasteiger charge is -2.23. The van der Waals surface area contributed by atoms with Gasteiger partial charge in [0.05, 0.1) is 40.0 Å². The summed E-state index contributed by atoms with van der Waals surface area (Å²) in [5.41, 5.74) is 4.27. The number of aryl methyl sites for hydroxylation is 1. The highest BCUT2D eigenvalue weighted by Crippen LogP contribution is 2.34. The van der Waals surface area contributed by atoms with Crippen molar-refractivity contribution >= 4 is 22.2 Å². The van der Waals surface area contributed by atoms with Gasteiger partial charge in [-0.15, -0.1) is 11.3 Å². The molecule has 1 aliphatic rings. The van der Waals surface area contributed by atoms with E-state index in [1.54, 1.807) is 17.5 Å². The summed E-state index contributed by atoms with van der Waals surface area (Å²) in [6.07, 6.45) is 5.45. The number of hydrogen-bond donors (Lipinski definition) is 1. The van der Waals surface area contributed by atoms with Crippen LogP contribution in [0.3, 0.4) is 0 Å². The Kier molecular flexibility index (Phi) is 4.95. The number of ether oxygens (including phenoxy) is 2. The molecule has 5 rings (SSSR count). The van der Waals surface area contributed by atoms with Crippen molar-refractivity contribution in [2.45, 2.75) is 25.9 Å². The quantitative estimate of drug-likeness (QED) is 0.501. The molecular weight excluding hydrogens is 396 g/mol. The molecule has 4 heterocycles. The van der Waals surface area contributed by atoms with Gasteiger partial charge < -0.3 is 14.5 Å². The van der Waals surface area contributed by atoms with Gasteiger partial charge in [0, 0.05) is 41.7 Å². The molecule has 0 aliphatic carbocycles. The van der Waals surface area contributed by atoms with Gasteiger partial charge in [-0.2, -0.15) is 5.26 Å². The van der Waals surface area contributed by atoms with Crippen LogP contribution in [0.1, 0.15) is 23.4 Å². The molecule has 4 aromatic rings. The van der Waals surface area contributed by atoms with Gasteiger partial charge in [0.25, 0.3) is 0 Å². The third-order valence-corrected chi connectivity index (χ3v) is 6.22. The van der Waals surface area contributed by atoms with E-state index in [0.29, 0.717) is 24.5 Å². The maximum absolute atomic E-state index is 9.70. The summed E-state index contributed by atoms with van der Waals surface area (Å²) >= 11 is 1.65. The predicted molar refractivity (Wildman–Crippen MR) is 117 cm³/mol.